The van der Waals surface area contributed by atoms with Crippen LogP contribution in [0.25, 0.3) is 0 Å². The summed E-state index contributed by atoms with van der Waals surface area (Å²) in [4.78, 5) is 10.7. The van der Waals surface area contributed by atoms with Crippen LogP contribution in [0.4, 0.5) is 0 Å². The Morgan fingerprint density at radius 3 is 2.94 bits per heavy atom. The highest BCUT2D eigenvalue weighted by atomic mass is 16.5. The summed E-state index contributed by atoms with van der Waals surface area (Å²) < 4.78 is 10.8. The number of aliphatic carboxylic acids is 1. The fourth-order valence-corrected chi connectivity index (χ4v) is 2.20. The summed E-state index contributed by atoms with van der Waals surface area (Å²) in [5.41, 5.74) is 0.0324. The SMILES string of the molecule is CC1(NCC2CCC(C(=O)O)O2)CCOC1. The lowest BCUT2D eigenvalue weighted by molar-refractivity contribution is -0.149. The molecule has 5 heteroatoms. The highest BCUT2D eigenvalue weighted by Crippen LogP contribution is 2.22. The van der Waals surface area contributed by atoms with Crippen molar-refractivity contribution >= 4 is 5.97 Å². The Hall–Kier alpha value is -0.650. The van der Waals surface area contributed by atoms with Crippen molar-refractivity contribution in [1.82, 2.24) is 5.32 Å². The molecule has 2 N–H and O–H groups in total. The number of carboxylic acids is 1. The molecule has 3 atom stereocenters. The van der Waals surface area contributed by atoms with Crippen LogP contribution >= 0.6 is 0 Å². The summed E-state index contributed by atoms with van der Waals surface area (Å²) in [6, 6.07) is 0. The lowest BCUT2D eigenvalue weighted by atomic mass is 10.0. The topological polar surface area (TPSA) is 67.8 Å². The van der Waals surface area contributed by atoms with E-state index in [-0.39, 0.29) is 11.6 Å². The zero-order chi connectivity index (χ0) is 11.6. The van der Waals surface area contributed by atoms with Gasteiger partial charge in [0, 0.05) is 18.7 Å². The summed E-state index contributed by atoms with van der Waals surface area (Å²) >= 11 is 0. The van der Waals surface area contributed by atoms with Crippen molar-refractivity contribution in [3.05, 3.63) is 0 Å². The normalized spacial score (nSPS) is 39.1. The molecule has 0 aromatic carbocycles. The molecule has 16 heavy (non-hydrogen) atoms. The molecule has 0 aromatic rings. The van der Waals surface area contributed by atoms with Crippen molar-refractivity contribution in [2.45, 2.75) is 43.9 Å². The molecule has 2 saturated heterocycles. The lowest BCUT2D eigenvalue weighted by Gasteiger charge is -2.25. The monoisotopic (exact) mass is 229 g/mol. The first-order valence-electron chi connectivity index (χ1n) is 5.80. The number of nitrogens with one attached hydrogen (secondary N) is 1. The Balaban J connectivity index is 1.73. The summed E-state index contributed by atoms with van der Waals surface area (Å²) in [5, 5.41) is 12.2. The molecule has 2 aliphatic rings. The van der Waals surface area contributed by atoms with Crippen molar-refractivity contribution in [1.29, 1.82) is 0 Å². The zero-order valence-corrected chi connectivity index (χ0v) is 9.57. The molecular weight excluding hydrogens is 210 g/mol. The van der Waals surface area contributed by atoms with E-state index < -0.39 is 12.1 Å². The average molecular weight is 229 g/mol. The van der Waals surface area contributed by atoms with E-state index in [1.54, 1.807) is 0 Å². The van der Waals surface area contributed by atoms with Crippen molar-refractivity contribution in [3.8, 4) is 0 Å². The predicted octanol–water partition coefficient (Wildman–Crippen LogP) is 0.387. The number of hydrogen-bond acceptors (Lipinski definition) is 4. The van der Waals surface area contributed by atoms with Gasteiger partial charge < -0.3 is 19.9 Å². The van der Waals surface area contributed by atoms with Gasteiger partial charge in [0.2, 0.25) is 0 Å². The maximum Gasteiger partial charge on any atom is 0.332 e. The molecule has 2 fully saturated rings. The van der Waals surface area contributed by atoms with Crippen LogP contribution in [0.5, 0.6) is 0 Å². The van der Waals surface area contributed by atoms with Crippen LogP contribution in [-0.4, -0.2) is 48.6 Å². The molecule has 0 amide bonds. The molecule has 0 aromatic heterocycles. The maximum absolute atomic E-state index is 10.7. The molecule has 92 valence electrons. The third-order valence-corrected chi connectivity index (χ3v) is 3.36. The van der Waals surface area contributed by atoms with Gasteiger partial charge in [-0.15, -0.1) is 0 Å². The first kappa shape index (κ1) is 11.8. The van der Waals surface area contributed by atoms with Crippen LogP contribution in [0.1, 0.15) is 26.2 Å². The number of rotatable bonds is 4. The molecule has 2 aliphatic heterocycles. The zero-order valence-electron chi connectivity index (χ0n) is 9.57. The standard InChI is InChI=1S/C11H19NO4/c1-11(4-5-15-7-11)12-6-8-2-3-9(16-8)10(13)14/h8-9,12H,2-7H2,1H3,(H,13,14). The lowest BCUT2D eigenvalue weighted by Crippen LogP contribution is -2.46. The first-order valence-corrected chi connectivity index (χ1v) is 5.80. The minimum absolute atomic E-state index is 0.0264. The fourth-order valence-electron chi connectivity index (χ4n) is 2.20. The van der Waals surface area contributed by atoms with E-state index in [4.69, 9.17) is 14.6 Å². The van der Waals surface area contributed by atoms with Gasteiger partial charge in [-0.1, -0.05) is 0 Å². The van der Waals surface area contributed by atoms with Crippen LogP contribution < -0.4 is 5.32 Å². The fraction of sp³-hybridized carbons (Fsp3) is 0.909. The van der Waals surface area contributed by atoms with Crippen LogP contribution in [0.2, 0.25) is 0 Å². The Bertz CT molecular complexity index is 263. The Morgan fingerprint density at radius 2 is 2.38 bits per heavy atom. The van der Waals surface area contributed by atoms with Gasteiger partial charge in [0.25, 0.3) is 0 Å². The van der Waals surface area contributed by atoms with Crippen LogP contribution in [0, 0.1) is 0 Å². The molecule has 0 spiro atoms. The highest BCUT2D eigenvalue weighted by molar-refractivity contribution is 5.72. The molecule has 2 heterocycles. The van der Waals surface area contributed by atoms with E-state index in [0.717, 1.165) is 26.1 Å². The van der Waals surface area contributed by atoms with Crippen molar-refractivity contribution in [2.24, 2.45) is 0 Å². The van der Waals surface area contributed by atoms with Gasteiger partial charge in [0.05, 0.1) is 12.7 Å². The van der Waals surface area contributed by atoms with Gasteiger partial charge in [-0.3, -0.25) is 0 Å². The third-order valence-electron chi connectivity index (χ3n) is 3.36. The number of ether oxygens (including phenoxy) is 2. The number of carbonyl (C=O) groups is 1. The smallest absolute Gasteiger partial charge is 0.332 e. The predicted molar refractivity (Wildman–Crippen MR) is 57.4 cm³/mol. The molecule has 0 radical (unpaired) electrons. The summed E-state index contributed by atoms with van der Waals surface area (Å²) in [6.07, 6.45) is 1.86. The maximum atomic E-state index is 10.7. The highest BCUT2D eigenvalue weighted by Gasteiger charge is 2.34. The molecule has 0 aliphatic carbocycles. The minimum atomic E-state index is -0.849. The van der Waals surface area contributed by atoms with Crippen molar-refractivity contribution in [3.63, 3.8) is 0 Å². The Morgan fingerprint density at radius 1 is 1.56 bits per heavy atom. The van der Waals surface area contributed by atoms with Gasteiger partial charge in [-0.05, 0) is 26.2 Å². The van der Waals surface area contributed by atoms with Crippen molar-refractivity contribution in [2.75, 3.05) is 19.8 Å². The van der Waals surface area contributed by atoms with E-state index in [2.05, 4.69) is 12.2 Å². The molecule has 2 rings (SSSR count). The second-order valence-electron chi connectivity index (χ2n) is 4.91. The molecule has 0 bridgehead atoms. The number of hydrogen-bond donors (Lipinski definition) is 2. The van der Waals surface area contributed by atoms with Crippen molar-refractivity contribution < 1.29 is 19.4 Å². The molecule has 0 saturated carbocycles. The van der Waals surface area contributed by atoms with E-state index in [1.165, 1.54) is 0 Å². The first-order chi connectivity index (χ1) is 7.59. The number of carboxylic acid groups (broad SMARTS) is 1. The van der Waals surface area contributed by atoms with Crippen LogP contribution in [-0.2, 0) is 14.3 Å². The summed E-state index contributed by atoms with van der Waals surface area (Å²) in [6.45, 7) is 4.36. The van der Waals surface area contributed by atoms with Crippen LogP contribution in [0.3, 0.4) is 0 Å². The second-order valence-corrected chi connectivity index (χ2v) is 4.91. The molecule has 3 unspecified atom stereocenters. The second kappa shape index (κ2) is 4.69. The largest absolute Gasteiger partial charge is 0.479 e. The Kier molecular flexibility index (Phi) is 3.47. The van der Waals surface area contributed by atoms with Gasteiger partial charge in [-0.2, -0.15) is 0 Å². The van der Waals surface area contributed by atoms with Gasteiger partial charge in [-0.25, -0.2) is 4.79 Å². The molecular formula is C11H19NO4. The van der Waals surface area contributed by atoms with E-state index >= 15 is 0 Å². The minimum Gasteiger partial charge on any atom is -0.479 e. The van der Waals surface area contributed by atoms with E-state index in [0.29, 0.717) is 13.0 Å². The van der Waals surface area contributed by atoms with Gasteiger partial charge >= 0.3 is 5.97 Å². The summed E-state index contributed by atoms with van der Waals surface area (Å²) in [5.74, 6) is -0.849. The van der Waals surface area contributed by atoms with Crippen LogP contribution in [0.15, 0.2) is 0 Å². The quantitative estimate of drug-likeness (QED) is 0.729. The van der Waals surface area contributed by atoms with Gasteiger partial charge in [0.1, 0.15) is 0 Å². The average Bonchev–Trinajstić information content (AvgIpc) is 2.84. The summed E-state index contributed by atoms with van der Waals surface area (Å²) in [7, 11) is 0. The molecule has 5 nitrogen and oxygen atoms in total. The Labute approximate surface area is 95.1 Å². The van der Waals surface area contributed by atoms with E-state index in [1.807, 2.05) is 0 Å². The third kappa shape index (κ3) is 2.72. The van der Waals surface area contributed by atoms with E-state index in [9.17, 15) is 4.79 Å². The van der Waals surface area contributed by atoms with Gasteiger partial charge in [0.15, 0.2) is 6.10 Å².